The highest BCUT2D eigenvalue weighted by Gasteiger charge is 2.68. The van der Waals surface area contributed by atoms with Crippen molar-refractivity contribution in [1.82, 2.24) is 4.90 Å². The van der Waals surface area contributed by atoms with Gasteiger partial charge in [0.15, 0.2) is 0 Å². The zero-order valence-electron chi connectivity index (χ0n) is 12.1. The highest BCUT2D eigenvalue weighted by atomic mass is 16.4. The summed E-state index contributed by atoms with van der Waals surface area (Å²) < 4.78 is 0. The molecule has 2 bridgehead atoms. The number of carboxylic acids is 1. The minimum Gasteiger partial charge on any atom is -0.480 e. The van der Waals surface area contributed by atoms with Gasteiger partial charge in [0.1, 0.15) is 6.04 Å². The molecule has 1 aliphatic heterocycles. The molecule has 4 aliphatic carbocycles. The zero-order valence-corrected chi connectivity index (χ0v) is 12.1. The van der Waals surface area contributed by atoms with Crippen molar-refractivity contribution in [2.75, 3.05) is 0 Å². The monoisotopic (exact) mass is 289 g/mol. The molecule has 0 spiro atoms. The second kappa shape index (κ2) is 3.96. The maximum Gasteiger partial charge on any atom is 0.327 e. The molecule has 5 heteroatoms. The van der Waals surface area contributed by atoms with E-state index in [0.29, 0.717) is 11.8 Å². The maximum absolute atomic E-state index is 12.8. The molecule has 1 saturated heterocycles. The molecule has 0 aromatic rings. The van der Waals surface area contributed by atoms with E-state index in [-0.39, 0.29) is 41.4 Å². The molecule has 21 heavy (non-hydrogen) atoms. The smallest absolute Gasteiger partial charge is 0.327 e. The van der Waals surface area contributed by atoms with E-state index in [9.17, 15) is 19.5 Å². The number of nitrogens with zero attached hydrogens (tertiary/aromatic N) is 1. The van der Waals surface area contributed by atoms with E-state index in [0.717, 1.165) is 11.3 Å². The van der Waals surface area contributed by atoms with E-state index >= 15 is 0 Å². The Morgan fingerprint density at radius 3 is 2.00 bits per heavy atom. The van der Waals surface area contributed by atoms with E-state index in [1.165, 1.54) is 0 Å². The Hall–Kier alpha value is -1.65. The topological polar surface area (TPSA) is 74.7 Å². The Balaban J connectivity index is 1.73. The molecule has 2 amide bonds. The molecule has 1 N–H and O–H groups in total. The molecule has 5 nitrogen and oxygen atoms in total. The fourth-order valence-corrected chi connectivity index (χ4v) is 4.95. The molecule has 112 valence electrons. The number of aliphatic carboxylic acids is 1. The van der Waals surface area contributed by atoms with E-state index < -0.39 is 12.0 Å². The zero-order chi connectivity index (χ0) is 15.0. The number of imide groups is 1. The van der Waals surface area contributed by atoms with Crippen LogP contribution in [-0.2, 0) is 14.4 Å². The van der Waals surface area contributed by atoms with Gasteiger partial charge in [-0.3, -0.25) is 14.5 Å². The van der Waals surface area contributed by atoms with Gasteiger partial charge < -0.3 is 5.11 Å². The second-order valence-electron chi connectivity index (χ2n) is 7.23. The third-order valence-electron chi connectivity index (χ3n) is 5.86. The van der Waals surface area contributed by atoms with Gasteiger partial charge in [-0.1, -0.05) is 26.0 Å². The van der Waals surface area contributed by atoms with Crippen LogP contribution in [0.5, 0.6) is 0 Å². The van der Waals surface area contributed by atoms with Crippen LogP contribution < -0.4 is 0 Å². The summed E-state index contributed by atoms with van der Waals surface area (Å²) in [6.45, 7) is 3.48. The normalized spacial score (nSPS) is 44.0. The number of amides is 2. The summed E-state index contributed by atoms with van der Waals surface area (Å²) in [5.74, 6) is -1.12. The van der Waals surface area contributed by atoms with Crippen LogP contribution in [0.1, 0.15) is 20.3 Å². The summed E-state index contributed by atoms with van der Waals surface area (Å²) in [4.78, 5) is 38.1. The van der Waals surface area contributed by atoms with Crippen LogP contribution >= 0.6 is 0 Å². The van der Waals surface area contributed by atoms with Gasteiger partial charge in [-0.2, -0.15) is 0 Å². The summed E-state index contributed by atoms with van der Waals surface area (Å²) >= 11 is 0. The van der Waals surface area contributed by atoms with E-state index in [1.54, 1.807) is 13.8 Å². The van der Waals surface area contributed by atoms with Crippen molar-refractivity contribution < 1.29 is 19.5 Å². The second-order valence-corrected chi connectivity index (χ2v) is 7.23. The van der Waals surface area contributed by atoms with Crippen molar-refractivity contribution in [3.63, 3.8) is 0 Å². The molecular weight excluding hydrogens is 270 g/mol. The van der Waals surface area contributed by atoms with Crippen molar-refractivity contribution in [3.8, 4) is 0 Å². The lowest BCUT2D eigenvalue weighted by Crippen LogP contribution is -2.48. The number of carboxylic acid groups (broad SMARTS) is 1. The van der Waals surface area contributed by atoms with Crippen molar-refractivity contribution in [2.45, 2.75) is 26.3 Å². The van der Waals surface area contributed by atoms with Gasteiger partial charge in [-0.15, -0.1) is 0 Å². The summed E-state index contributed by atoms with van der Waals surface area (Å²) in [5.41, 5.74) is 0. The first-order valence-corrected chi connectivity index (χ1v) is 7.71. The molecule has 0 unspecified atom stereocenters. The number of hydrogen-bond donors (Lipinski definition) is 1. The van der Waals surface area contributed by atoms with Gasteiger partial charge in [0.25, 0.3) is 0 Å². The Labute approximate surface area is 123 Å². The van der Waals surface area contributed by atoms with Gasteiger partial charge in [0, 0.05) is 0 Å². The quantitative estimate of drug-likeness (QED) is 0.624. The molecule has 5 rings (SSSR count). The van der Waals surface area contributed by atoms with Crippen molar-refractivity contribution >= 4 is 17.8 Å². The Morgan fingerprint density at radius 2 is 1.62 bits per heavy atom. The molecule has 7 atom stereocenters. The minimum absolute atomic E-state index is 0.146. The number of carbonyl (C=O) groups excluding carboxylic acids is 2. The number of rotatable bonds is 3. The first kappa shape index (κ1) is 13.0. The Morgan fingerprint density at radius 1 is 1.14 bits per heavy atom. The third-order valence-corrected chi connectivity index (χ3v) is 5.86. The maximum atomic E-state index is 12.8. The molecule has 3 fully saturated rings. The fraction of sp³-hybridized carbons (Fsp3) is 0.688. The van der Waals surface area contributed by atoms with Crippen LogP contribution in [0.2, 0.25) is 0 Å². The fourth-order valence-electron chi connectivity index (χ4n) is 4.95. The highest BCUT2D eigenvalue weighted by Crippen LogP contribution is 2.65. The standard InChI is InChI=1S/C16H19NO4/c1-6(2)13(16(20)21)17-14(18)11-7-3-4-8(10-5-9(7)10)12(11)15(17)19/h3-4,6-13H,5H2,1-2H3,(H,20,21)/t7-,8-,9-,10-,11-,12+,13-/m1/s1. The van der Waals surface area contributed by atoms with Gasteiger partial charge in [-0.05, 0) is 36.0 Å². The lowest BCUT2D eigenvalue weighted by atomic mass is 9.63. The molecule has 2 saturated carbocycles. The van der Waals surface area contributed by atoms with Crippen LogP contribution in [0.25, 0.3) is 0 Å². The molecule has 1 heterocycles. The summed E-state index contributed by atoms with van der Waals surface area (Å²) in [6, 6.07) is -1.04. The van der Waals surface area contributed by atoms with Crippen molar-refractivity contribution in [1.29, 1.82) is 0 Å². The number of likely N-dealkylation sites (tertiary alicyclic amines) is 1. The predicted octanol–water partition coefficient (Wildman–Crippen LogP) is 1.15. The van der Waals surface area contributed by atoms with Crippen LogP contribution in [0.15, 0.2) is 12.2 Å². The minimum atomic E-state index is -1.09. The third kappa shape index (κ3) is 1.49. The molecule has 0 aromatic heterocycles. The van der Waals surface area contributed by atoms with Gasteiger partial charge >= 0.3 is 5.97 Å². The van der Waals surface area contributed by atoms with Gasteiger partial charge in [0.05, 0.1) is 11.8 Å². The first-order chi connectivity index (χ1) is 9.93. The molecule has 0 radical (unpaired) electrons. The van der Waals surface area contributed by atoms with Crippen LogP contribution in [0, 0.1) is 41.4 Å². The predicted molar refractivity (Wildman–Crippen MR) is 72.8 cm³/mol. The average Bonchev–Trinajstić information content (AvgIpc) is 3.19. The van der Waals surface area contributed by atoms with Crippen molar-refractivity contribution in [2.24, 2.45) is 41.4 Å². The Kier molecular flexibility index (Phi) is 2.46. The Bertz CT molecular complexity index is 545. The average molecular weight is 289 g/mol. The van der Waals surface area contributed by atoms with Gasteiger partial charge in [0.2, 0.25) is 11.8 Å². The van der Waals surface area contributed by atoms with Crippen LogP contribution in [0.3, 0.4) is 0 Å². The van der Waals surface area contributed by atoms with E-state index in [4.69, 9.17) is 0 Å². The highest BCUT2D eigenvalue weighted by molar-refractivity contribution is 6.08. The first-order valence-electron chi connectivity index (χ1n) is 7.71. The molecule has 0 aromatic carbocycles. The SMILES string of the molecule is CC(C)[C@H](C(=O)O)N1C(=O)[C@@H]2[C@@H]3C=C[C@H]([C@H]4C[C@H]34)[C@@H]2C1=O. The van der Waals surface area contributed by atoms with Crippen LogP contribution in [0.4, 0.5) is 0 Å². The summed E-state index contributed by atoms with van der Waals surface area (Å²) in [7, 11) is 0. The lowest BCUT2D eigenvalue weighted by Gasteiger charge is -2.37. The van der Waals surface area contributed by atoms with E-state index in [2.05, 4.69) is 12.2 Å². The summed E-state index contributed by atoms with van der Waals surface area (Å²) in [6.07, 6.45) is 5.31. The largest absolute Gasteiger partial charge is 0.480 e. The van der Waals surface area contributed by atoms with E-state index in [1.807, 2.05) is 0 Å². The molecule has 5 aliphatic rings. The molecular formula is C16H19NO4. The van der Waals surface area contributed by atoms with Crippen LogP contribution in [-0.4, -0.2) is 33.8 Å². The van der Waals surface area contributed by atoms with Gasteiger partial charge in [-0.25, -0.2) is 4.79 Å². The number of hydrogen-bond acceptors (Lipinski definition) is 3. The summed E-state index contributed by atoms with van der Waals surface area (Å²) in [5, 5.41) is 9.42. The number of carbonyl (C=O) groups is 3. The lowest BCUT2D eigenvalue weighted by molar-refractivity contribution is -0.157. The number of allylic oxidation sites excluding steroid dienone is 2. The van der Waals surface area contributed by atoms with Crippen molar-refractivity contribution in [3.05, 3.63) is 12.2 Å².